The molecule has 0 unspecified atom stereocenters. The zero-order valence-electron chi connectivity index (χ0n) is 7.44. The number of pyridine rings is 2. The smallest absolute Gasteiger partial charge is 0.0406 e. The van der Waals surface area contributed by atoms with Crippen LogP contribution in [0.25, 0.3) is 0 Å². The molecule has 2 aromatic rings. The Balaban J connectivity index is 0.000000140. The Hall–Kier alpha value is -1.26. The third kappa shape index (κ3) is 4.69. The number of hydrogen-bond acceptors (Lipinski definition) is 2. The van der Waals surface area contributed by atoms with Crippen LogP contribution in [-0.4, -0.2) is 9.97 Å². The topological polar surface area (TPSA) is 31.6 Å². The minimum absolute atomic E-state index is 0.874. The first-order chi connectivity index (χ1) is 6.79. The zero-order valence-corrected chi connectivity index (χ0v) is 9.07. The average Bonchev–Trinajstić information content (AvgIpc) is 2.21. The van der Waals surface area contributed by atoms with Crippen molar-refractivity contribution < 1.29 is 0 Å². The predicted molar refractivity (Wildman–Crippen MR) is 63.3 cm³/mol. The molecule has 0 spiro atoms. The number of aromatic nitrogens is 2. The van der Waals surface area contributed by atoms with Gasteiger partial charge in [0.15, 0.2) is 0 Å². The lowest BCUT2D eigenvalue weighted by atomic mass is 10.5. The third-order valence-corrected chi connectivity index (χ3v) is 1.92. The van der Waals surface area contributed by atoms with Crippen LogP contribution in [0.2, 0.25) is 0 Å². The molecule has 0 atom stereocenters. The highest BCUT2D eigenvalue weighted by Gasteiger charge is 1.66. The Morgan fingerprint density at radius 3 is 1.07 bits per heavy atom. The molecule has 0 bridgehead atoms. The minimum Gasteiger partial charge on any atom is -0.368 e. The lowest BCUT2D eigenvalue weighted by molar-refractivity contribution is 1.32. The van der Waals surface area contributed by atoms with Gasteiger partial charge < -0.3 is 9.97 Å². The van der Waals surface area contributed by atoms with Crippen LogP contribution in [0.3, 0.4) is 0 Å². The van der Waals surface area contributed by atoms with Crippen LogP contribution in [-0.2, 0) is 0 Å². The maximum absolute atomic E-state index is 4.79. The summed E-state index contributed by atoms with van der Waals surface area (Å²) in [7, 11) is 0. The highest BCUT2D eigenvalue weighted by Crippen LogP contribution is 1.83. The summed E-state index contributed by atoms with van der Waals surface area (Å²) in [5, 5.41) is 0. The Kier molecular flexibility index (Phi) is 4.82. The second-order valence-corrected chi connectivity index (χ2v) is 3.41. The zero-order chi connectivity index (χ0) is 10.2. The van der Waals surface area contributed by atoms with E-state index in [-0.39, 0.29) is 0 Å². The van der Waals surface area contributed by atoms with Crippen molar-refractivity contribution in [3.05, 3.63) is 58.1 Å². The summed E-state index contributed by atoms with van der Waals surface area (Å²) in [6.07, 6.45) is 7.23. The van der Waals surface area contributed by atoms with Gasteiger partial charge in [0.1, 0.15) is 0 Å². The van der Waals surface area contributed by atoms with Gasteiger partial charge in [0.05, 0.1) is 0 Å². The van der Waals surface area contributed by atoms with Crippen molar-refractivity contribution in [3.63, 3.8) is 0 Å². The molecule has 4 heteroatoms. The second-order valence-electron chi connectivity index (χ2n) is 2.47. The lowest BCUT2D eigenvalue weighted by Crippen LogP contribution is -1.62. The van der Waals surface area contributed by atoms with Gasteiger partial charge >= 0.3 is 0 Å². The largest absolute Gasteiger partial charge is 0.368 e. The lowest BCUT2D eigenvalue weighted by Gasteiger charge is -1.75. The van der Waals surface area contributed by atoms with Crippen molar-refractivity contribution in [1.29, 1.82) is 0 Å². The maximum Gasteiger partial charge on any atom is 0.0406 e. The van der Waals surface area contributed by atoms with Gasteiger partial charge in [-0.05, 0) is 24.3 Å². The van der Waals surface area contributed by atoms with Gasteiger partial charge in [-0.1, -0.05) is 24.4 Å². The first kappa shape index (κ1) is 10.8. The van der Waals surface area contributed by atoms with Crippen molar-refractivity contribution in [2.24, 2.45) is 0 Å². The van der Waals surface area contributed by atoms with Crippen LogP contribution >= 0.6 is 24.4 Å². The first-order valence-electron chi connectivity index (χ1n) is 4.05. The number of hydrogen-bond donors (Lipinski definition) is 2. The minimum atomic E-state index is 0.874. The molecule has 72 valence electrons. The van der Waals surface area contributed by atoms with Crippen LogP contribution in [0.4, 0.5) is 0 Å². The van der Waals surface area contributed by atoms with Crippen molar-refractivity contribution in [1.82, 2.24) is 9.97 Å². The van der Waals surface area contributed by atoms with Crippen molar-refractivity contribution in [2.45, 2.75) is 0 Å². The molecule has 0 aromatic carbocycles. The number of nitrogens with one attached hydrogen (secondary N) is 2. The molecule has 2 nitrogen and oxygen atoms in total. The molecule has 2 aromatic heterocycles. The van der Waals surface area contributed by atoms with Crippen molar-refractivity contribution in [3.8, 4) is 0 Å². The van der Waals surface area contributed by atoms with E-state index in [1.807, 2.05) is 49.1 Å². The van der Waals surface area contributed by atoms with Crippen LogP contribution in [0, 0.1) is 9.02 Å². The molecule has 0 aliphatic heterocycles. The van der Waals surface area contributed by atoms with Gasteiger partial charge in [0.2, 0.25) is 0 Å². The fourth-order valence-electron chi connectivity index (χ4n) is 0.743. The van der Waals surface area contributed by atoms with E-state index < -0.39 is 0 Å². The summed E-state index contributed by atoms with van der Waals surface area (Å²) < 4.78 is 1.75. The third-order valence-electron chi connectivity index (χ3n) is 1.38. The molecule has 0 aliphatic rings. The Bertz CT molecular complexity index is 393. The molecule has 0 amide bonds. The van der Waals surface area contributed by atoms with Crippen LogP contribution in [0.1, 0.15) is 0 Å². The molecule has 2 rings (SSSR count). The molecule has 2 heterocycles. The Morgan fingerprint density at radius 2 is 0.929 bits per heavy atom. The van der Waals surface area contributed by atoms with Gasteiger partial charge in [-0.15, -0.1) is 0 Å². The van der Waals surface area contributed by atoms with E-state index in [4.69, 9.17) is 24.4 Å². The Morgan fingerprint density at radius 1 is 0.643 bits per heavy atom. The van der Waals surface area contributed by atoms with E-state index in [9.17, 15) is 0 Å². The number of rotatable bonds is 0. The monoisotopic (exact) mass is 222 g/mol. The molecule has 0 aliphatic carbocycles. The highest BCUT2D eigenvalue weighted by molar-refractivity contribution is 7.71. The van der Waals surface area contributed by atoms with Gasteiger partial charge in [-0.2, -0.15) is 0 Å². The summed E-state index contributed by atoms with van der Waals surface area (Å²) in [6, 6.07) is 7.37. The number of aromatic amines is 2. The Labute approximate surface area is 92.7 Å². The summed E-state index contributed by atoms with van der Waals surface area (Å²) in [5.74, 6) is 0. The average molecular weight is 222 g/mol. The molecular weight excluding hydrogens is 212 g/mol. The van der Waals surface area contributed by atoms with E-state index in [2.05, 4.69) is 9.97 Å². The van der Waals surface area contributed by atoms with E-state index in [1.54, 1.807) is 0 Å². The number of H-pyrrole nitrogens is 2. The summed E-state index contributed by atoms with van der Waals surface area (Å²) >= 11 is 9.58. The fourth-order valence-corrected chi connectivity index (χ4v) is 1.02. The molecule has 0 saturated heterocycles. The summed E-state index contributed by atoms with van der Waals surface area (Å²) in [5.41, 5.74) is 0. The summed E-state index contributed by atoms with van der Waals surface area (Å²) in [4.78, 5) is 5.73. The van der Waals surface area contributed by atoms with Gasteiger partial charge in [-0.25, -0.2) is 0 Å². The quantitative estimate of drug-likeness (QED) is 0.669. The van der Waals surface area contributed by atoms with E-state index in [1.165, 1.54) is 0 Å². The predicted octanol–water partition coefficient (Wildman–Crippen LogP) is 3.49. The molecule has 0 fully saturated rings. The molecule has 2 N–H and O–H groups in total. The SMILES string of the molecule is S=c1cc[nH]cc1.S=c1cc[nH]cc1. The molecular formula is C10H10N2S2. The maximum atomic E-state index is 4.79. The van der Waals surface area contributed by atoms with Crippen molar-refractivity contribution >= 4 is 24.4 Å². The van der Waals surface area contributed by atoms with Crippen LogP contribution in [0.5, 0.6) is 0 Å². The van der Waals surface area contributed by atoms with Crippen LogP contribution in [0.15, 0.2) is 49.1 Å². The van der Waals surface area contributed by atoms with Crippen LogP contribution < -0.4 is 0 Å². The molecule has 0 radical (unpaired) electrons. The van der Waals surface area contributed by atoms with E-state index in [0.717, 1.165) is 9.02 Å². The van der Waals surface area contributed by atoms with Crippen molar-refractivity contribution in [2.75, 3.05) is 0 Å². The van der Waals surface area contributed by atoms with Gasteiger partial charge in [0, 0.05) is 33.8 Å². The first-order valence-corrected chi connectivity index (χ1v) is 4.87. The standard InChI is InChI=1S/2C5H5NS/c2*7-5-1-3-6-4-2-5/h2*1-4H,(H,6,7). The molecule has 0 saturated carbocycles. The van der Waals surface area contributed by atoms with Gasteiger partial charge in [-0.3, -0.25) is 0 Å². The van der Waals surface area contributed by atoms with E-state index in [0.29, 0.717) is 0 Å². The second kappa shape index (κ2) is 6.23. The highest BCUT2D eigenvalue weighted by atomic mass is 32.1. The summed E-state index contributed by atoms with van der Waals surface area (Å²) in [6.45, 7) is 0. The van der Waals surface area contributed by atoms with Gasteiger partial charge in [0.25, 0.3) is 0 Å². The van der Waals surface area contributed by atoms with E-state index >= 15 is 0 Å². The molecule has 14 heavy (non-hydrogen) atoms. The normalized spacial score (nSPS) is 8.57. The fraction of sp³-hybridized carbons (Fsp3) is 0.